The lowest BCUT2D eigenvalue weighted by Crippen LogP contribution is -2.22. The van der Waals surface area contributed by atoms with Crippen LogP contribution in [0.1, 0.15) is 17.0 Å². The van der Waals surface area contributed by atoms with Crippen LogP contribution in [-0.4, -0.2) is 27.7 Å². The molecule has 0 N–H and O–H groups in total. The largest absolute Gasteiger partial charge is 0.316 e. The molecule has 1 aromatic carbocycles. The third kappa shape index (κ3) is 2.88. The predicted octanol–water partition coefficient (Wildman–Crippen LogP) is 5.07. The number of rotatable bonds is 2. The maximum Gasteiger partial charge on any atom is 0.293 e. The van der Waals surface area contributed by atoms with Crippen LogP contribution < -0.4 is 0 Å². The van der Waals surface area contributed by atoms with Gasteiger partial charge < -0.3 is 4.57 Å². The molecule has 1 aliphatic rings. The summed E-state index contributed by atoms with van der Waals surface area (Å²) in [6.45, 7) is 3.90. The number of hydrogen-bond acceptors (Lipinski definition) is 3. The van der Waals surface area contributed by atoms with Gasteiger partial charge in [0.15, 0.2) is 0 Å². The standard InChI is InChI=1S/C17H14Cl2N2O2S/c1-9-6-11(7-15-16(22)20(3)17(23)24-15)10(2)21(9)14-5-4-12(18)8-13(14)19/h4-8H,1-3H3/b15-7-. The maximum absolute atomic E-state index is 12.1. The Balaban J connectivity index is 2.08. The Kier molecular flexibility index (Phi) is 4.51. The van der Waals surface area contributed by atoms with Crippen LogP contribution in [0.15, 0.2) is 29.2 Å². The molecule has 124 valence electrons. The van der Waals surface area contributed by atoms with Gasteiger partial charge in [-0.15, -0.1) is 0 Å². The summed E-state index contributed by atoms with van der Waals surface area (Å²) < 4.78 is 2.00. The van der Waals surface area contributed by atoms with Gasteiger partial charge in [-0.2, -0.15) is 0 Å². The molecule has 0 bridgehead atoms. The molecule has 1 aliphatic heterocycles. The van der Waals surface area contributed by atoms with Gasteiger partial charge in [0.2, 0.25) is 0 Å². The first kappa shape index (κ1) is 17.1. The Hall–Kier alpha value is -1.69. The van der Waals surface area contributed by atoms with Gasteiger partial charge in [-0.1, -0.05) is 23.2 Å². The smallest absolute Gasteiger partial charge is 0.293 e. The van der Waals surface area contributed by atoms with Gasteiger partial charge in [-0.05, 0) is 61.5 Å². The average Bonchev–Trinajstić information content (AvgIpc) is 2.92. The van der Waals surface area contributed by atoms with Gasteiger partial charge in [-0.3, -0.25) is 14.5 Å². The van der Waals surface area contributed by atoms with Crippen molar-refractivity contribution >= 4 is 52.2 Å². The van der Waals surface area contributed by atoms with Crippen molar-refractivity contribution in [1.29, 1.82) is 0 Å². The van der Waals surface area contributed by atoms with Crippen molar-refractivity contribution < 1.29 is 9.59 Å². The number of aromatic nitrogens is 1. The molecule has 2 aromatic rings. The van der Waals surface area contributed by atoms with Crippen LogP contribution in [-0.2, 0) is 4.79 Å². The molecule has 0 unspecified atom stereocenters. The Morgan fingerprint density at radius 1 is 1.12 bits per heavy atom. The van der Waals surface area contributed by atoms with E-state index in [1.165, 1.54) is 7.05 Å². The van der Waals surface area contributed by atoms with Crippen LogP contribution in [0.2, 0.25) is 10.0 Å². The summed E-state index contributed by atoms with van der Waals surface area (Å²) in [6, 6.07) is 7.29. The molecule has 1 fully saturated rings. The fraction of sp³-hybridized carbons (Fsp3) is 0.176. The summed E-state index contributed by atoms with van der Waals surface area (Å²) in [7, 11) is 1.48. The molecular formula is C17H14Cl2N2O2S. The fourth-order valence-corrected chi connectivity index (χ4v) is 3.96. The highest BCUT2D eigenvalue weighted by Gasteiger charge is 2.32. The topological polar surface area (TPSA) is 42.3 Å². The minimum Gasteiger partial charge on any atom is -0.316 e. The lowest BCUT2D eigenvalue weighted by Gasteiger charge is -2.12. The zero-order valence-electron chi connectivity index (χ0n) is 13.3. The molecule has 2 amide bonds. The van der Waals surface area contributed by atoms with Gasteiger partial charge in [0.1, 0.15) is 0 Å². The summed E-state index contributed by atoms with van der Waals surface area (Å²) in [6.07, 6.45) is 1.75. The minimum atomic E-state index is -0.278. The Morgan fingerprint density at radius 3 is 2.42 bits per heavy atom. The second kappa shape index (κ2) is 6.31. The van der Waals surface area contributed by atoms with Gasteiger partial charge in [0.05, 0.1) is 15.6 Å². The highest BCUT2D eigenvalue weighted by atomic mass is 35.5. The number of halogens is 2. The second-order valence-electron chi connectivity index (χ2n) is 5.50. The van der Waals surface area contributed by atoms with Crippen LogP contribution in [0.5, 0.6) is 0 Å². The number of likely N-dealkylation sites (N-methyl/N-ethyl adjacent to an activating group) is 1. The average molecular weight is 381 g/mol. The highest BCUT2D eigenvalue weighted by Crippen LogP contribution is 2.34. The van der Waals surface area contributed by atoms with E-state index in [2.05, 4.69) is 0 Å². The summed E-state index contributed by atoms with van der Waals surface area (Å²) >= 11 is 13.2. The first-order chi connectivity index (χ1) is 11.3. The molecule has 3 rings (SSSR count). The van der Waals surface area contributed by atoms with Gasteiger partial charge in [0.25, 0.3) is 11.1 Å². The SMILES string of the molecule is Cc1cc(/C=C2\SC(=O)N(C)C2=O)c(C)n1-c1ccc(Cl)cc1Cl. The molecule has 4 nitrogen and oxygen atoms in total. The van der Waals surface area contributed by atoms with Crippen molar-refractivity contribution in [3.05, 3.63) is 56.2 Å². The van der Waals surface area contributed by atoms with E-state index in [-0.39, 0.29) is 11.1 Å². The summed E-state index contributed by atoms with van der Waals surface area (Å²) in [5, 5.41) is 0.855. The number of carbonyl (C=O) groups is 2. The van der Waals surface area contributed by atoms with Crippen LogP contribution in [0.25, 0.3) is 11.8 Å². The van der Waals surface area contributed by atoms with Crippen LogP contribution in [0.4, 0.5) is 4.79 Å². The van der Waals surface area contributed by atoms with Crippen molar-refractivity contribution in [2.45, 2.75) is 13.8 Å². The first-order valence-corrected chi connectivity index (χ1v) is 8.72. The molecule has 0 atom stereocenters. The van der Waals surface area contributed by atoms with Crippen molar-refractivity contribution in [2.75, 3.05) is 7.05 Å². The Labute approximate surface area is 154 Å². The molecule has 0 saturated carbocycles. The number of nitrogens with zero attached hydrogens (tertiary/aromatic N) is 2. The summed E-state index contributed by atoms with van der Waals surface area (Å²) in [5.41, 5.74) is 3.59. The molecule has 0 aliphatic carbocycles. The third-order valence-corrected chi connectivity index (χ3v) is 5.39. The van der Waals surface area contributed by atoms with E-state index in [4.69, 9.17) is 23.2 Å². The lowest BCUT2D eigenvalue weighted by molar-refractivity contribution is -0.121. The van der Waals surface area contributed by atoms with E-state index in [9.17, 15) is 9.59 Å². The third-order valence-electron chi connectivity index (χ3n) is 3.89. The quantitative estimate of drug-likeness (QED) is 0.683. The van der Waals surface area contributed by atoms with E-state index in [0.717, 1.165) is 39.3 Å². The first-order valence-electron chi connectivity index (χ1n) is 7.15. The summed E-state index contributed by atoms with van der Waals surface area (Å²) in [5.74, 6) is -0.278. The molecule has 24 heavy (non-hydrogen) atoms. The molecule has 0 spiro atoms. The molecule has 0 radical (unpaired) electrons. The highest BCUT2D eigenvalue weighted by molar-refractivity contribution is 8.18. The molecule has 7 heteroatoms. The van der Waals surface area contributed by atoms with Crippen molar-refractivity contribution in [2.24, 2.45) is 0 Å². The van der Waals surface area contributed by atoms with Gasteiger partial charge >= 0.3 is 0 Å². The monoisotopic (exact) mass is 380 g/mol. The number of aryl methyl sites for hydroxylation is 1. The van der Waals surface area contributed by atoms with E-state index in [0.29, 0.717) is 15.0 Å². The van der Waals surface area contributed by atoms with Crippen LogP contribution in [0, 0.1) is 13.8 Å². The van der Waals surface area contributed by atoms with E-state index >= 15 is 0 Å². The Morgan fingerprint density at radius 2 is 1.83 bits per heavy atom. The zero-order valence-corrected chi connectivity index (χ0v) is 15.6. The Bertz CT molecular complexity index is 902. The van der Waals surface area contributed by atoms with Crippen molar-refractivity contribution in [3.63, 3.8) is 0 Å². The molecule has 1 aromatic heterocycles. The second-order valence-corrected chi connectivity index (χ2v) is 7.34. The van der Waals surface area contributed by atoms with Crippen molar-refractivity contribution in [3.8, 4) is 5.69 Å². The molecule has 1 saturated heterocycles. The summed E-state index contributed by atoms with van der Waals surface area (Å²) in [4.78, 5) is 25.2. The van der Waals surface area contributed by atoms with E-state index in [1.807, 2.05) is 30.5 Å². The number of benzene rings is 1. The molecule has 2 heterocycles. The van der Waals surface area contributed by atoms with E-state index < -0.39 is 0 Å². The maximum atomic E-state index is 12.1. The number of amides is 2. The zero-order chi connectivity index (χ0) is 17.6. The van der Waals surface area contributed by atoms with Gasteiger partial charge in [0, 0.05) is 23.5 Å². The van der Waals surface area contributed by atoms with Crippen LogP contribution >= 0.6 is 35.0 Å². The number of hydrogen-bond donors (Lipinski definition) is 0. The predicted molar refractivity (Wildman–Crippen MR) is 99.0 cm³/mol. The number of imide groups is 1. The number of thioether (sulfide) groups is 1. The number of carbonyl (C=O) groups excluding carboxylic acids is 2. The van der Waals surface area contributed by atoms with Crippen molar-refractivity contribution in [1.82, 2.24) is 9.47 Å². The fourth-order valence-electron chi connectivity index (χ4n) is 2.65. The minimum absolute atomic E-state index is 0.263. The van der Waals surface area contributed by atoms with E-state index in [1.54, 1.807) is 18.2 Å². The van der Waals surface area contributed by atoms with Crippen LogP contribution in [0.3, 0.4) is 0 Å². The van der Waals surface area contributed by atoms with Gasteiger partial charge in [-0.25, -0.2) is 0 Å². The molecular weight excluding hydrogens is 367 g/mol. The normalized spacial score (nSPS) is 16.5. The lowest BCUT2D eigenvalue weighted by atomic mass is 10.2.